The van der Waals surface area contributed by atoms with Gasteiger partial charge in [0, 0.05) is 11.1 Å². The molecule has 0 bridgehead atoms. The fraction of sp³-hybridized carbons (Fsp3) is 0.0909. The van der Waals surface area contributed by atoms with Gasteiger partial charge in [-0.05, 0) is 36.1 Å². The summed E-state index contributed by atoms with van der Waals surface area (Å²) in [7, 11) is 0. The van der Waals surface area contributed by atoms with Gasteiger partial charge in [0.1, 0.15) is 11.0 Å². The molecule has 0 unspecified atom stereocenters. The number of fused-ring (bicyclic) bond motifs is 1. The lowest BCUT2D eigenvalue weighted by Crippen LogP contribution is -2.13. The molecule has 28 heavy (non-hydrogen) atoms. The fourth-order valence-electron chi connectivity index (χ4n) is 3.20. The van der Waals surface area contributed by atoms with Crippen LogP contribution in [0.25, 0.3) is 10.8 Å². The van der Waals surface area contributed by atoms with Gasteiger partial charge in [0.05, 0.1) is 17.8 Å². The van der Waals surface area contributed by atoms with Crippen LogP contribution in [-0.2, 0) is 6.54 Å². The number of carbonyl (C=O) groups is 1. The average Bonchev–Trinajstić information content (AvgIpc) is 2.97. The summed E-state index contributed by atoms with van der Waals surface area (Å²) in [4.78, 5) is 12.9. The molecule has 1 amide bonds. The number of amides is 1. The largest absolute Gasteiger partial charge is 0.321 e. The van der Waals surface area contributed by atoms with Crippen molar-refractivity contribution in [1.82, 2.24) is 9.78 Å². The van der Waals surface area contributed by atoms with Crippen molar-refractivity contribution < 1.29 is 9.18 Å². The van der Waals surface area contributed by atoms with Crippen LogP contribution in [0.1, 0.15) is 21.6 Å². The molecule has 3 aromatic carbocycles. The molecule has 1 heterocycles. The lowest BCUT2D eigenvalue weighted by Gasteiger charge is -2.09. The average molecular weight is 394 g/mol. The number of nitrogens with zero attached hydrogens (tertiary/aromatic N) is 2. The number of rotatable bonds is 4. The standard InChI is InChI=1S/C22H17ClFN3O/c1-14-20(21(23)27(26-14)13-15-9-11-17(24)12-10-15)22(28)25-19-8-4-6-16-5-2-3-7-18(16)19/h2-12H,13H2,1H3,(H,25,28). The molecule has 4 nitrogen and oxygen atoms in total. The first-order valence-electron chi connectivity index (χ1n) is 8.79. The van der Waals surface area contributed by atoms with E-state index in [1.54, 1.807) is 23.7 Å². The van der Waals surface area contributed by atoms with Crippen molar-refractivity contribution in [2.75, 3.05) is 5.32 Å². The number of halogens is 2. The van der Waals surface area contributed by atoms with Crippen molar-refractivity contribution in [3.63, 3.8) is 0 Å². The molecule has 0 saturated heterocycles. The van der Waals surface area contributed by atoms with E-state index in [-0.39, 0.29) is 16.9 Å². The van der Waals surface area contributed by atoms with E-state index in [1.165, 1.54) is 12.1 Å². The fourth-order valence-corrected chi connectivity index (χ4v) is 3.52. The Bertz CT molecular complexity index is 1160. The molecule has 0 atom stereocenters. The predicted molar refractivity (Wildman–Crippen MR) is 109 cm³/mol. The highest BCUT2D eigenvalue weighted by molar-refractivity contribution is 6.33. The van der Waals surface area contributed by atoms with Crippen LogP contribution in [0.2, 0.25) is 5.15 Å². The summed E-state index contributed by atoms with van der Waals surface area (Å²) in [5.41, 5.74) is 2.42. The quantitative estimate of drug-likeness (QED) is 0.502. The van der Waals surface area contributed by atoms with Crippen LogP contribution < -0.4 is 5.32 Å². The Labute approximate surface area is 166 Å². The molecule has 140 valence electrons. The zero-order valence-corrected chi connectivity index (χ0v) is 15.9. The molecular formula is C22H17ClFN3O. The topological polar surface area (TPSA) is 46.9 Å². The summed E-state index contributed by atoms with van der Waals surface area (Å²) in [6.07, 6.45) is 0. The third kappa shape index (κ3) is 3.49. The van der Waals surface area contributed by atoms with E-state index >= 15 is 0 Å². The molecule has 0 radical (unpaired) electrons. The molecule has 0 spiro atoms. The summed E-state index contributed by atoms with van der Waals surface area (Å²) in [6.45, 7) is 2.09. The van der Waals surface area contributed by atoms with Crippen LogP contribution in [0.3, 0.4) is 0 Å². The lowest BCUT2D eigenvalue weighted by molar-refractivity contribution is 0.102. The lowest BCUT2D eigenvalue weighted by atomic mass is 10.1. The monoisotopic (exact) mass is 393 g/mol. The van der Waals surface area contributed by atoms with Crippen LogP contribution in [0.15, 0.2) is 66.7 Å². The predicted octanol–water partition coefficient (Wildman–Crippen LogP) is 5.44. The molecular weight excluding hydrogens is 377 g/mol. The summed E-state index contributed by atoms with van der Waals surface area (Å²) in [5.74, 6) is -0.620. The second-order valence-electron chi connectivity index (χ2n) is 6.52. The van der Waals surface area contributed by atoms with Gasteiger partial charge in [-0.15, -0.1) is 0 Å². The zero-order chi connectivity index (χ0) is 19.7. The van der Waals surface area contributed by atoms with Gasteiger partial charge in [0.15, 0.2) is 0 Å². The first-order valence-corrected chi connectivity index (χ1v) is 9.17. The van der Waals surface area contributed by atoms with Gasteiger partial charge in [-0.25, -0.2) is 9.07 Å². The third-order valence-corrected chi connectivity index (χ3v) is 4.96. The minimum Gasteiger partial charge on any atom is -0.321 e. The van der Waals surface area contributed by atoms with Crippen molar-refractivity contribution in [2.45, 2.75) is 13.5 Å². The summed E-state index contributed by atoms with van der Waals surface area (Å²) in [6, 6.07) is 19.7. The van der Waals surface area contributed by atoms with Gasteiger partial charge in [-0.3, -0.25) is 4.79 Å². The van der Waals surface area contributed by atoms with Gasteiger partial charge < -0.3 is 5.32 Å². The normalized spacial score (nSPS) is 11.0. The Morgan fingerprint density at radius 2 is 1.79 bits per heavy atom. The van der Waals surface area contributed by atoms with Gasteiger partial charge >= 0.3 is 0 Å². The molecule has 0 fully saturated rings. The van der Waals surface area contributed by atoms with Crippen LogP contribution in [0.4, 0.5) is 10.1 Å². The SMILES string of the molecule is Cc1nn(Cc2ccc(F)cc2)c(Cl)c1C(=O)Nc1cccc2ccccc12. The number of carbonyl (C=O) groups excluding carboxylic acids is 1. The molecule has 6 heteroatoms. The molecule has 0 aliphatic rings. The van der Waals surface area contributed by atoms with Gasteiger partial charge in [-0.2, -0.15) is 5.10 Å². The second-order valence-corrected chi connectivity index (χ2v) is 6.87. The maximum Gasteiger partial charge on any atom is 0.260 e. The first-order chi connectivity index (χ1) is 13.5. The van der Waals surface area contributed by atoms with E-state index < -0.39 is 0 Å². The Balaban J connectivity index is 1.62. The minimum absolute atomic E-state index is 0.250. The number of benzene rings is 3. The number of aryl methyl sites for hydroxylation is 1. The number of hydrogen-bond acceptors (Lipinski definition) is 2. The zero-order valence-electron chi connectivity index (χ0n) is 15.1. The van der Waals surface area contributed by atoms with Crippen molar-refractivity contribution >= 4 is 34.0 Å². The number of aromatic nitrogens is 2. The highest BCUT2D eigenvalue weighted by atomic mass is 35.5. The highest BCUT2D eigenvalue weighted by Crippen LogP contribution is 2.26. The molecule has 1 N–H and O–H groups in total. The van der Waals surface area contributed by atoms with Crippen LogP contribution >= 0.6 is 11.6 Å². The highest BCUT2D eigenvalue weighted by Gasteiger charge is 2.21. The maximum atomic E-state index is 13.1. The number of hydrogen-bond donors (Lipinski definition) is 1. The van der Waals surface area contributed by atoms with Crippen molar-refractivity contribution in [3.8, 4) is 0 Å². The molecule has 0 saturated carbocycles. The van der Waals surface area contributed by atoms with Gasteiger partial charge in [-0.1, -0.05) is 60.1 Å². The molecule has 0 aliphatic carbocycles. The summed E-state index contributed by atoms with van der Waals surface area (Å²) >= 11 is 6.46. The Hall–Kier alpha value is -3.18. The van der Waals surface area contributed by atoms with Crippen molar-refractivity contribution in [3.05, 3.63) is 94.5 Å². The van der Waals surface area contributed by atoms with Gasteiger partial charge in [0.25, 0.3) is 5.91 Å². The van der Waals surface area contributed by atoms with E-state index in [2.05, 4.69) is 10.4 Å². The molecule has 0 aliphatic heterocycles. The van der Waals surface area contributed by atoms with E-state index in [1.807, 2.05) is 42.5 Å². The third-order valence-electron chi connectivity index (χ3n) is 4.58. The van der Waals surface area contributed by atoms with E-state index in [0.29, 0.717) is 23.5 Å². The minimum atomic E-state index is -0.316. The van der Waals surface area contributed by atoms with E-state index in [9.17, 15) is 9.18 Å². The molecule has 1 aromatic heterocycles. The smallest absolute Gasteiger partial charge is 0.260 e. The first kappa shape index (κ1) is 18.2. The maximum absolute atomic E-state index is 13.1. The number of nitrogens with one attached hydrogen (secondary N) is 1. The van der Waals surface area contributed by atoms with Crippen LogP contribution in [0.5, 0.6) is 0 Å². The Kier molecular flexibility index (Phi) is 4.84. The molecule has 4 aromatic rings. The van der Waals surface area contributed by atoms with E-state index in [0.717, 1.165) is 16.3 Å². The summed E-state index contributed by atoms with van der Waals surface area (Å²) < 4.78 is 14.6. The van der Waals surface area contributed by atoms with Crippen LogP contribution in [-0.4, -0.2) is 15.7 Å². The summed E-state index contributed by atoms with van der Waals surface area (Å²) in [5, 5.41) is 9.56. The Morgan fingerprint density at radius 1 is 1.07 bits per heavy atom. The van der Waals surface area contributed by atoms with Crippen molar-refractivity contribution in [1.29, 1.82) is 0 Å². The van der Waals surface area contributed by atoms with Crippen LogP contribution in [0, 0.1) is 12.7 Å². The Morgan fingerprint density at radius 3 is 2.57 bits per heavy atom. The number of anilines is 1. The molecule has 4 rings (SSSR count). The van der Waals surface area contributed by atoms with Crippen molar-refractivity contribution in [2.24, 2.45) is 0 Å². The van der Waals surface area contributed by atoms with E-state index in [4.69, 9.17) is 11.6 Å². The van der Waals surface area contributed by atoms with Gasteiger partial charge in [0.2, 0.25) is 0 Å². The second kappa shape index (κ2) is 7.44.